The van der Waals surface area contributed by atoms with Crippen molar-refractivity contribution in [2.24, 2.45) is 0 Å². The Labute approximate surface area is 98.9 Å². The first-order valence-electron chi connectivity index (χ1n) is 5.34. The third-order valence-electron chi connectivity index (χ3n) is 2.22. The van der Waals surface area contributed by atoms with Crippen molar-refractivity contribution < 1.29 is 0 Å². The molecule has 0 radical (unpaired) electrons. The predicted molar refractivity (Wildman–Crippen MR) is 66.2 cm³/mol. The molecule has 0 aliphatic carbocycles. The molecule has 2 heterocycles. The number of rotatable bonds is 5. The number of nitrogens with zero attached hydrogens (tertiary/aromatic N) is 4. The maximum absolute atomic E-state index is 5.56. The monoisotopic (exact) mass is 233 g/mol. The van der Waals surface area contributed by atoms with Crippen LogP contribution in [0.3, 0.4) is 0 Å². The van der Waals surface area contributed by atoms with Gasteiger partial charge in [0.05, 0.1) is 6.33 Å². The van der Waals surface area contributed by atoms with E-state index in [4.69, 9.17) is 11.5 Å². The average Bonchev–Trinajstić information content (AvgIpc) is 2.76. The van der Waals surface area contributed by atoms with Crippen molar-refractivity contribution in [2.75, 3.05) is 23.3 Å². The first kappa shape index (κ1) is 11.2. The molecular formula is C10H15N7. The lowest BCUT2D eigenvalue weighted by molar-refractivity contribution is 0.660. The molecule has 0 aromatic carbocycles. The third kappa shape index (κ3) is 3.33. The van der Waals surface area contributed by atoms with Gasteiger partial charge >= 0.3 is 0 Å². The van der Waals surface area contributed by atoms with Crippen molar-refractivity contribution >= 4 is 17.6 Å². The lowest BCUT2D eigenvalue weighted by atomic mass is 10.4. The number of aryl methyl sites for hydroxylation is 1. The van der Waals surface area contributed by atoms with E-state index in [0.717, 1.165) is 19.5 Å². The molecule has 2 aromatic rings. The Morgan fingerprint density at radius 3 is 2.88 bits per heavy atom. The van der Waals surface area contributed by atoms with Gasteiger partial charge in [-0.25, -0.2) is 4.98 Å². The van der Waals surface area contributed by atoms with Gasteiger partial charge in [0.2, 0.25) is 5.95 Å². The molecule has 5 N–H and O–H groups in total. The fourth-order valence-electron chi connectivity index (χ4n) is 1.47. The molecule has 0 fully saturated rings. The lowest BCUT2D eigenvalue weighted by Crippen LogP contribution is -2.09. The lowest BCUT2D eigenvalue weighted by Gasteiger charge is -2.07. The highest BCUT2D eigenvalue weighted by Crippen LogP contribution is 2.08. The number of aromatic nitrogens is 4. The first-order chi connectivity index (χ1) is 8.24. The van der Waals surface area contributed by atoms with Crippen LogP contribution >= 0.6 is 0 Å². The molecule has 17 heavy (non-hydrogen) atoms. The van der Waals surface area contributed by atoms with E-state index in [1.165, 1.54) is 0 Å². The van der Waals surface area contributed by atoms with Crippen molar-refractivity contribution in [1.29, 1.82) is 0 Å². The zero-order valence-electron chi connectivity index (χ0n) is 9.37. The molecule has 90 valence electrons. The summed E-state index contributed by atoms with van der Waals surface area (Å²) in [6, 6.07) is 1.66. The highest BCUT2D eigenvalue weighted by Gasteiger charge is 1.98. The molecule has 0 amide bonds. The summed E-state index contributed by atoms with van der Waals surface area (Å²) in [4.78, 5) is 11.8. The molecule has 2 rings (SSSR count). The van der Waals surface area contributed by atoms with E-state index in [2.05, 4.69) is 20.3 Å². The van der Waals surface area contributed by atoms with E-state index in [1.54, 1.807) is 18.6 Å². The summed E-state index contributed by atoms with van der Waals surface area (Å²) >= 11 is 0. The molecule has 0 bridgehead atoms. The molecule has 0 atom stereocenters. The normalized spacial score (nSPS) is 10.4. The number of hydrogen-bond donors (Lipinski definition) is 3. The quantitative estimate of drug-likeness (QED) is 0.643. The fourth-order valence-corrected chi connectivity index (χ4v) is 1.47. The second-order valence-corrected chi connectivity index (χ2v) is 3.62. The molecule has 0 saturated heterocycles. The molecule has 7 heteroatoms. The largest absolute Gasteiger partial charge is 0.383 e. The number of anilines is 3. The van der Waals surface area contributed by atoms with Gasteiger partial charge < -0.3 is 21.4 Å². The van der Waals surface area contributed by atoms with Gasteiger partial charge in [0, 0.05) is 31.5 Å². The zero-order chi connectivity index (χ0) is 12.1. The Bertz CT molecular complexity index is 445. The van der Waals surface area contributed by atoms with Gasteiger partial charge in [0.15, 0.2) is 0 Å². The van der Waals surface area contributed by atoms with E-state index >= 15 is 0 Å². The van der Waals surface area contributed by atoms with E-state index < -0.39 is 0 Å². The van der Waals surface area contributed by atoms with Gasteiger partial charge in [-0.15, -0.1) is 0 Å². The number of nitrogens with one attached hydrogen (secondary N) is 1. The Morgan fingerprint density at radius 2 is 2.18 bits per heavy atom. The van der Waals surface area contributed by atoms with Crippen molar-refractivity contribution in [3.8, 4) is 0 Å². The highest BCUT2D eigenvalue weighted by atomic mass is 15.1. The minimum Gasteiger partial charge on any atom is -0.383 e. The maximum Gasteiger partial charge on any atom is 0.223 e. The van der Waals surface area contributed by atoms with Gasteiger partial charge in [-0.05, 0) is 6.42 Å². The van der Waals surface area contributed by atoms with Gasteiger partial charge in [0.1, 0.15) is 11.6 Å². The van der Waals surface area contributed by atoms with Crippen molar-refractivity contribution in [3.05, 3.63) is 24.8 Å². The van der Waals surface area contributed by atoms with Crippen LogP contribution in [0.4, 0.5) is 17.6 Å². The van der Waals surface area contributed by atoms with E-state index in [9.17, 15) is 0 Å². The molecule has 0 aliphatic rings. The maximum atomic E-state index is 5.56. The Morgan fingerprint density at radius 1 is 1.29 bits per heavy atom. The summed E-state index contributed by atoms with van der Waals surface area (Å²) in [6.07, 6.45) is 6.45. The van der Waals surface area contributed by atoms with Crippen molar-refractivity contribution in [3.63, 3.8) is 0 Å². The van der Waals surface area contributed by atoms with Gasteiger partial charge in [-0.1, -0.05) is 0 Å². The highest BCUT2D eigenvalue weighted by molar-refractivity contribution is 5.48. The molecular weight excluding hydrogens is 218 g/mol. The molecule has 7 nitrogen and oxygen atoms in total. The molecule has 0 saturated carbocycles. The van der Waals surface area contributed by atoms with Crippen LogP contribution in [0.1, 0.15) is 6.42 Å². The average molecular weight is 233 g/mol. The fraction of sp³-hybridized carbons (Fsp3) is 0.300. The van der Waals surface area contributed by atoms with Gasteiger partial charge in [0.25, 0.3) is 0 Å². The summed E-state index contributed by atoms with van der Waals surface area (Å²) in [7, 11) is 0. The van der Waals surface area contributed by atoms with E-state index in [-0.39, 0.29) is 5.95 Å². The zero-order valence-corrected chi connectivity index (χ0v) is 9.37. The Hall–Kier alpha value is -2.31. The summed E-state index contributed by atoms with van der Waals surface area (Å²) < 4.78 is 2.02. The van der Waals surface area contributed by atoms with Crippen LogP contribution < -0.4 is 16.8 Å². The number of imidazole rings is 1. The van der Waals surface area contributed by atoms with Crippen LogP contribution in [0, 0.1) is 0 Å². The first-order valence-corrected chi connectivity index (χ1v) is 5.34. The summed E-state index contributed by atoms with van der Waals surface area (Å²) in [5.74, 6) is 1.21. The third-order valence-corrected chi connectivity index (χ3v) is 2.22. The second kappa shape index (κ2) is 5.15. The second-order valence-electron chi connectivity index (χ2n) is 3.62. The van der Waals surface area contributed by atoms with Crippen molar-refractivity contribution in [1.82, 2.24) is 19.5 Å². The van der Waals surface area contributed by atoms with Crippen LogP contribution in [0.25, 0.3) is 0 Å². The van der Waals surface area contributed by atoms with Crippen LogP contribution in [-0.2, 0) is 6.54 Å². The SMILES string of the molecule is Nc1cc(NCCCn2ccnc2)nc(N)n1. The summed E-state index contributed by atoms with van der Waals surface area (Å²) in [5.41, 5.74) is 11.0. The summed E-state index contributed by atoms with van der Waals surface area (Å²) in [6.45, 7) is 1.69. The number of nitrogens with two attached hydrogens (primary N) is 2. The standard InChI is InChI=1S/C10H15N7/c11-8-6-9(16-10(12)15-8)14-2-1-4-17-5-3-13-7-17/h3,5-7H,1-2,4H2,(H5,11,12,14,15,16). The summed E-state index contributed by atoms with van der Waals surface area (Å²) in [5, 5.41) is 3.14. The number of hydrogen-bond acceptors (Lipinski definition) is 6. The molecule has 2 aromatic heterocycles. The minimum atomic E-state index is 0.183. The Balaban J connectivity index is 1.78. The van der Waals surface area contributed by atoms with Gasteiger partial charge in [-0.2, -0.15) is 9.97 Å². The predicted octanol–water partition coefficient (Wildman–Crippen LogP) is 0.340. The van der Waals surface area contributed by atoms with Crippen molar-refractivity contribution in [2.45, 2.75) is 13.0 Å². The van der Waals surface area contributed by atoms with Crippen LogP contribution in [-0.4, -0.2) is 26.1 Å². The minimum absolute atomic E-state index is 0.183. The molecule has 0 spiro atoms. The molecule has 0 unspecified atom stereocenters. The van der Waals surface area contributed by atoms with Crippen LogP contribution in [0.5, 0.6) is 0 Å². The number of nitrogen functional groups attached to an aromatic ring is 2. The van der Waals surface area contributed by atoms with Crippen LogP contribution in [0.2, 0.25) is 0 Å². The smallest absolute Gasteiger partial charge is 0.223 e. The van der Waals surface area contributed by atoms with E-state index in [0.29, 0.717) is 11.6 Å². The topological polar surface area (TPSA) is 108 Å². The van der Waals surface area contributed by atoms with Crippen LogP contribution in [0.15, 0.2) is 24.8 Å². The van der Waals surface area contributed by atoms with E-state index in [1.807, 2.05) is 10.8 Å². The van der Waals surface area contributed by atoms with Gasteiger partial charge in [-0.3, -0.25) is 0 Å². The Kier molecular flexibility index (Phi) is 3.39. The molecule has 0 aliphatic heterocycles.